The molecule has 3 unspecified atom stereocenters. The number of hydrogen-bond acceptors (Lipinski definition) is 4. The van der Waals surface area contributed by atoms with E-state index in [0.29, 0.717) is 18.2 Å². The molecule has 1 aliphatic heterocycles. The maximum absolute atomic E-state index is 5.64. The highest BCUT2D eigenvalue weighted by Gasteiger charge is 2.29. The summed E-state index contributed by atoms with van der Waals surface area (Å²) in [6, 6.07) is 5.40. The molecule has 3 atom stereocenters. The van der Waals surface area contributed by atoms with Crippen molar-refractivity contribution in [2.45, 2.75) is 45.0 Å². The number of thiophene rings is 1. The van der Waals surface area contributed by atoms with Crippen LogP contribution >= 0.6 is 11.3 Å². The zero-order valence-corrected chi connectivity index (χ0v) is 12.4. The third-order valence-corrected chi connectivity index (χ3v) is 4.75. The standard InChI is InChI=1S/C14H24N2OS/c1-11(9-15-10-13-5-4-8-18-13)16(3)14-6-7-17-12(14)2/h4-5,8,11-12,14-15H,6-7,9-10H2,1-3H3. The summed E-state index contributed by atoms with van der Waals surface area (Å²) in [6.45, 7) is 7.38. The smallest absolute Gasteiger partial charge is 0.0703 e. The number of nitrogens with zero attached hydrogens (tertiary/aromatic N) is 1. The highest BCUT2D eigenvalue weighted by Crippen LogP contribution is 2.19. The normalized spacial score (nSPS) is 25.8. The van der Waals surface area contributed by atoms with Crippen LogP contribution in [0.2, 0.25) is 0 Å². The summed E-state index contributed by atoms with van der Waals surface area (Å²) >= 11 is 1.81. The zero-order valence-electron chi connectivity index (χ0n) is 11.6. The third kappa shape index (κ3) is 3.54. The van der Waals surface area contributed by atoms with Crippen molar-refractivity contribution in [3.63, 3.8) is 0 Å². The van der Waals surface area contributed by atoms with Crippen LogP contribution in [0, 0.1) is 0 Å². The molecule has 102 valence electrons. The molecule has 2 heterocycles. The molecular formula is C14H24N2OS. The second kappa shape index (κ2) is 6.66. The first-order chi connectivity index (χ1) is 8.68. The molecule has 1 aromatic rings. The fourth-order valence-electron chi connectivity index (χ4n) is 2.54. The van der Waals surface area contributed by atoms with Crippen LogP contribution in [0.1, 0.15) is 25.1 Å². The Morgan fingerprint density at radius 3 is 3.06 bits per heavy atom. The summed E-state index contributed by atoms with van der Waals surface area (Å²) in [6.07, 6.45) is 1.53. The average molecular weight is 268 g/mol. The molecule has 0 saturated carbocycles. The van der Waals surface area contributed by atoms with E-state index in [4.69, 9.17) is 4.74 Å². The van der Waals surface area contributed by atoms with Gasteiger partial charge in [-0.25, -0.2) is 0 Å². The van der Waals surface area contributed by atoms with Gasteiger partial charge in [-0.1, -0.05) is 6.07 Å². The van der Waals surface area contributed by atoms with Gasteiger partial charge in [0.25, 0.3) is 0 Å². The molecule has 2 rings (SSSR count). The van der Waals surface area contributed by atoms with Gasteiger partial charge in [0.05, 0.1) is 6.10 Å². The lowest BCUT2D eigenvalue weighted by atomic mass is 10.1. The van der Waals surface area contributed by atoms with Crippen LogP contribution in [-0.4, -0.2) is 43.3 Å². The van der Waals surface area contributed by atoms with Crippen LogP contribution in [0.3, 0.4) is 0 Å². The molecule has 0 radical (unpaired) electrons. The Kier molecular flexibility index (Phi) is 5.18. The van der Waals surface area contributed by atoms with Crippen LogP contribution in [0.25, 0.3) is 0 Å². The van der Waals surface area contributed by atoms with E-state index in [1.54, 1.807) is 0 Å². The summed E-state index contributed by atoms with van der Waals surface area (Å²) in [5.74, 6) is 0. The molecule has 1 fully saturated rings. The summed E-state index contributed by atoms with van der Waals surface area (Å²) in [5.41, 5.74) is 0. The van der Waals surface area contributed by atoms with Crippen LogP contribution in [0.15, 0.2) is 17.5 Å². The minimum atomic E-state index is 0.370. The van der Waals surface area contributed by atoms with Gasteiger partial charge in [-0.2, -0.15) is 0 Å². The van der Waals surface area contributed by atoms with E-state index in [9.17, 15) is 0 Å². The van der Waals surface area contributed by atoms with E-state index in [1.807, 2.05) is 11.3 Å². The molecule has 0 aliphatic carbocycles. The Labute approximate surface area is 114 Å². The van der Waals surface area contributed by atoms with Crippen molar-refractivity contribution in [1.82, 2.24) is 10.2 Å². The minimum absolute atomic E-state index is 0.370. The Morgan fingerprint density at radius 2 is 2.44 bits per heavy atom. The molecule has 0 spiro atoms. The lowest BCUT2D eigenvalue weighted by Crippen LogP contribution is -2.46. The SMILES string of the molecule is CC1OCCC1N(C)C(C)CNCc1cccs1. The van der Waals surface area contributed by atoms with Gasteiger partial charge in [0.15, 0.2) is 0 Å². The quantitative estimate of drug-likeness (QED) is 0.857. The maximum Gasteiger partial charge on any atom is 0.0703 e. The summed E-state index contributed by atoms with van der Waals surface area (Å²) < 4.78 is 5.64. The van der Waals surface area contributed by atoms with E-state index in [-0.39, 0.29) is 0 Å². The van der Waals surface area contributed by atoms with Gasteiger partial charge in [0, 0.05) is 36.7 Å². The molecule has 1 N–H and O–H groups in total. The molecule has 3 nitrogen and oxygen atoms in total. The van der Waals surface area contributed by atoms with Crippen LogP contribution < -0.4 is 5.32 Å². The van der Waals surface area contributed by atoms with Gasteiger partial charge in [0.2, 0.25) is 0 Å². The highest BCUT2D eigenvalue weighted by atomic mass is 32.1. The van der Waals surface area contributed by atoms with Gasteiger partial charge >= 0.3 is 0 Å². The summed E-state index contributed by atoms with van der Waals surface area (Å²) in [4.78, 5) is 3.86. The van der Waals surface area contributed by atoms with Crippen molar-refractivity contribution < 1.29 is 4.74 Å². The van der Waals surface area contributed by atoms with Gasteiger partial charge in [-0.3, -0.25) is 4.90 Å². The van der Waals surface area contributed by atoms with E-state index in [2.05, 4.69) is 48.6 Å². The van der Waals surface area contributed by atoms with Crippen molar-refractivity contribution in [3.8, 4) is 0 Å². The molecule has 0 amide bonds. The first kappa shape index (κ1) is 14.0. The van der Waals surface area contributed by atoms with Crippen LogP contribution in [-0.2, 0) is 11.3 Å². The van der Waals surface area contributed by atoms with Crippen molar-refractivity contribution in [2.75, 3.05) is 20.2 Å². The molecule has 1 saturated heterocycles. The second-order valence-corrected chi connectivity index (χ2v) is 6.19. The van der Waals surface area contributed by atoms with Gasteiger partial charge in [-0.15, -0.1) is 11.3 Å². The van der Waals surface area contributed by atoms with E-state index >= 15 is 0 Å². The predicted molar refractivity (Wildman–Crippen MR) is 77.1 cm³/mol. The Hall–Kier alpha value is -0.420. The number of hydrogen-bond donors (Lipinski definition) is 1. The Bertz CT molecular complexity index is 342. The molecular weight excluding hydrogens is 244 g/mol. The van der Waals surface area contributed by atoms with E-state index in [0.717, 1.165) is 26.1 Å². The van der Waals surface area contributed by atoms with Crippen molar-refractivity contribution in [3.05, 3.63) is 22.4 Å². The zero-order chi connectivity index (χ0) is 13.0. The van der Waals surface area contributed by atoms with Gasteiger partial charge in [0.1, 0.15) is 0 Å². The highest BCUT2D eigenvalue weighted by molar-refractivity contribution is 7.09. The number of rotatable bonds is 6. The lowest BCUT2D eigenvalue weighted by molar-refractivity contribution is 0.0703. The van der Waals surface area contributed by atoms with Crippen molar-refractivity contribution >= 4 is 11.3 Å². The number of ether oxygens (including phenoxy) is 1. The van der Waals surface area contributed by atoms with Gasteiger partial charge < -0.3 is 10.1 Å². The first-order valence-electron chi connectivity index (χ1n) is 6.75. The topological polar surface area (TPSA) is 24.5 Å². The molecule has 18 heavy (non-hydrogen) atoms. The maximum atomic E-state index is 5.64. The second-order valence-electron chi connectivity index (χ2n) is 5.16. The summed E-state index contributed by atoms with van der Waals surface area (Å²) in [7, 11) is 2.22. The van der Waals surface area contributed by atoms with Crippen LogP contribution in [0.5, 0.6) is 0 Å². The summed E-state index contributed by atoms with van der Waals surface area (Å²) in [5, 5.41) is 5.66. The predicted octanol–water partition coefficient (Wildman–Crippen LogP) is 2.34. The molecule has 0 aromatic carbocycles. The lowest BCUT2D eigenvalue weighted by Gasteiger charge is -2.32. The Morgan fingerprint density at radius 1 is 1.61 bits per heavy atom. The van der Waals surface area contributed by atoms with Crippen LogP contribution in [0.4, 0.5) is 0 Å². The third-order valence-electron chi connectivity index (χ3n) is 3.87. The average Bonchev–Trinajstić information content (AvgIpc) is 2.99. The number of likely N-dealkylation sites (N-methyl/N-ethyl adjacent to an activating group) is 1. The number of nitrogens with one attached hydrogen (secondary N) is 1. The van der Waals surface area contributed by atoms with E-state index in [1.165, 1.54) is 4.88 Å². The molecule has 1 aromatic heterocycles. The largest absolute Gasteiger partial charge is 0.377 e. The van der Waals surface area contributed by atoms with E-state index < -0.39 is 0 Å². The fraction of sp³-hybridized carbons (Fsp3) is 0.714. The molecule has 0 bridgehead atoms. The van der Waals surface area contributed by atoms with Crippen molar-refractivity contribution in [1.29, 1.82) is 0 Å². The minimum Gasteiger partial charge on any atom is -0.377 e. The first-order valence-corrected chi connectivity index (χ1v) is 7.63. The van der Waals surface area contributed by atoms with Crippen molar-refractivity contribution in [2.24, 2.45) is 0 Å². The fourth-order valence-corrected chi connectivity index (χ4v) is 3.22. The monoisotopic (exact) mass is 268 g/mol. The molecule has 1 aliphatic rings. The molecule has 4 heteroatoms. The Balaban J connectivity index is 1.72. The van der Waals surface area contributed by atoms with Gasteiger partial charge in [-0.05, 0) is 38.8 Å².